The van der Waals surface area contributed by atoms with E-state index < -0.39 is 23.5 Å². The minimum Gasteiger partial charge on any atom is -0.480 e. The van der Waals surface area contributed by atoms with Crippen LogP contribution in [0.25, 0.3) is 6.08 Å². The summed E-state index contributed by atoms with van der Waals surface area (Å²) in [5, 5.41) is 28.2. The summed E-state index contributed by atoms with van der Waals surface area (Å²) < 4.78 is 11.5. The van der Waals surface area contributed by atoms with E-state index in [1.807, 2.05) is 46.1 Å². The number of hydrogen-bond donors (Lipinski definition) is 3. The lowest BCUT2D eigenvalue weighted by Crippen LogP contribution is -2.39. The predicted octanol–water partition coefficient (Wildman–Crippen LogP) is 5.34. The molecule has 0 spiro atoms. The number of rotatable bonds is 4. The first-order valence-corrected chi connectivity index (χ1v) is 13.9. The van der Waals surface area contributed by atoms with E-state index in [9.17, 15) is 14.7 Å². The van der Waals surface area contributed by atoms with Gasteiger partial charge < -0.3 is 19.7 Å². The molecule has 1 fully saturated rings. The maximum atomic E-state index is 13.1. The quantitative estimate of drug-likeness (QED) is 0.268. The van der Waals surface area contributed by atoms with Crippen LogP contribution in [0.15, 0.2) is 11.0 Å². The molecule has 210 valence electrons. The minimum absolute atomic E-state index is 0.00998. The molecule has 0 radical (unpaired) electrons. The number of carbonyl (C=O) groups is 2. The summed E-state index contributed by atoms with van der Waals surface area (Å²) in [7, 11) is 1.00. The second-order valence-electron chi connectivity index (χ2n) is 10.6. The summed E-state index contributed by atoms with van der Waals surface area (Å²) >= 11 is 1.56. The van der Waals surface area contributed by atoms with Crippen molar-refractivity contribution in [1.29, 1.82) is 5.41 Å². The molecule has 1 aliphatic rings. The summed E-state index contributed by atoms with van der Waals surface area (Å²) in [6.45, 7) is 11.3. The zero-order chi connectivity index (χ0) is 28.2. The molecule has 0 aliphatic carbocycles. The van der Waals surface area contributed by atoms with Gasteiger partial charge in [-0.25, -0.2) is 4.98 Å². The van der Waals surface area contributed by atoms with Crippen LogP contribution in [0.3, 0.4) is 0 Å². The zero-order valence-electron chi connectivity index (χ0n) is 23.5. The highest BCUT2D eigenvalue weighted by molar-refractivity contribution is 7.09. The number of nitrogens with one attached hydrogen (secondary N) is 1. The first kappa shape index (κ1) is 32.9. The van der Waals surface area contributed by atoms with Crippen molar-refractivity contribution in [3.05, 3.63) is 21.7 Å². The Kier molecular flexibility index (Phi) is 14.2. The third kappa shape index (κ3) is 10.7. The number of nitrogens with zero attached hydrogens (tertiary/aromatic N) is 1. The van der Waals surface area contributed by atoms with E-state index in [-0.39, 0.29) is 30.2 Å². The number of carbonyl (C=O) groups excluding carboxylic acids is 2. The average molecular weight is 539 g/mol. The van der Waals surface area contributed by atoms with E-state index in [4.69, 9.17) is 20.0 Å². The van der Waals surface area contributed by atoms with Crippen molar-refractivity contribution in [2.24, 2.45) is 17.3 Å². The lowest BCUT2D eigenvalue weighted by Gasteiger charge is -2.32. The van der Waals surface area contributed by atoms with Crippen LogP contribution >= 0.6 is 11.3 Å². The van der Waals surface area contributed by atoms with E-state index in [1.165, 1.54) is 0 Å². The monoisotopic (exact) mass is 538 g/mol. The molecule has 0 aromatic carbocycles. The molecule has 1 aromatic heterocycles. The minimum atomic E-state index is -0.749. The first-order valence-electron chi connectivity index (χ1n) is 13.1. The molecule has 0 bridgehead atoms. The molecule has 8 nitrogen and oxygen atoms in total. The molecule has 0 saturated carbocycles. The Morgan fingerprint density at radius 1 is 1.24 bits per heavy atom. The van der Waals surface area contributed by atoms with Crippen LogP contribution in [0, 0.1) is 29.6 Å². The van der Waals surface area contributed by atoms with Gasteiger partial charge in [-0.2, -0.15) is 0 Å². The molecule has 3 N–H and O–H groups in total. The Bertz CT molecular complexity index is 897. The van der Waals surface area contributed by atoms with Crippen LogP contribution in [0.1, 0.15) is 90.3 Å². The second-order valence-corrected chi connectivity index (χ2v) is 11.6. The zero-order valence-corrected chi connectivity index (χ0v) is 24.3. The lowest BCUT2D eigenvalue weighted by atomic mass is 9.74. The molecule has 1 aromatic rings. The number of ether oxygens (including phenoxy) is 2. The molecule has 5 atom stereocenters. The summed E-state index contributed by atoms with van der Waals surface area (Å²) in [4.78, 5) is 30.5. The lowest BCUT2D eigenvalue weighted by molar-refractivity contribution is -0.149. The predicted molar refractivity (Wildman–Crippen MR) is 148 cm³/mol. The fourth-order valence-corrected chi connectivity index (χ4v) is 5.27. The van der Waals surface area contributed by atoms with Gasteiger partial charge in [0.05, 0.1) is 16.8 Å². The largest absolute Gasteiger partial charge is 0.480 e. The maximum absolute atomic E-state index is 13.1. The van der Waals surface area contributed by atoms with Crippen molar-refractivity contribution in [2.45, 2.75) is 105 Å². The third-order valence-electron chi connectivity index (χ3n) is 7.10. The van der Waals surface area contributed by atoms with Crippen LogP contribution in [0.4, 0.5) is 0 Å². The number of aliphatic hydroxyl groups excluding tert-OH is 2. The molecule has 2 rings (SSSR count). The van der Waals surface area contributed by atoms with E-state index >= 15 is 0 Å². The van der Waals surface area contributed by atoms with Crippen molar-refractivity contribution in [2.75, 3.05) is 7.11 Å². The van der Waals surface area contributed by atoms with Crippen LogP contribution in [-0.2, 0) is 19.1 Å². The number of cyclic esters (lactones) is 1. The van der Waals surface area contributed by atoms with Crippen molar-refractivity contribution in [1.82, 2.24) is 4.98 Å². The molecule has 0 amide bonds. The maximum Gasteiger partial charge on any atom is 0.306 e. The topological polar surface area (TPSA) is 130 Å². The normalized spacial score (nSPS) is 28.5. The number of esters is 1. The summed E-state index contributed by atoms with van der Waals surface area (Å²) in [6, 6.07) is 0. The van der Waals surface area contributed by atoms with Gasteiger partial charge in [0.1, 0.15) is 18.0 Å². The Hall–Kier alpha value is -2.10. The highest BCUT2D eigenvalue weighted by Gasteiger charge is 2.37. The fraction of sp³-hybridized carbons (Fsp3) is 0.714. The second kappa shape index (κ2) is 16.0. The Morgan fingerprint density at radius 2 is 1.89 bits per heavy atom. The molecule has 1 saturated heterocycles. The van der Waals surface area contributed by atoms with Crippen LogP contribution < -0.4 is 0 Å². The summed E-state index contributed by atoms with van der Waals surface area (Å²) in [6.07, 6.45) is 5.49. The van der Waals surface area contributed by atoms with E-state index in [1.54, 1.807) is 18.3 Å². The number of Topliss-reactive ketones (excluding diaryl/α,β-unsaturated/α-hetero) is 1. The van der Waals surface area contributed by atoms with E-state index in [0.29, 0.717) is 19.3 Å². The molecular formula is C28H46N2O6S. The van der Waals surface area contributed by atoms with Gasteiger partial charge in [-0.3, -0.25) is 15.0 Å². The van der Waals surface area contributed by atoms with Crippen molar-refractivity contribution in [3.8, 4) is 0 Å². The fourth-order valence-electron chi connectivity index (χ4n) is 4.70. The molecule has 3 unspecified atom stereocenters. The van der Waals surface area contributed by atoms with Gasteiger partial charge in [-0.05, 0) is 57.1 Å². The van der Waals surface area contributed by atoms with Crippen LogP contribution in [0.5, 0.6) is 0 Å². The number of thiazole rings is 1. The molecular weight excluding hydrogens is 492 g/mol. The van der Waals surface area contributed by atoms with Gasteiger partial charge >= 0.3 is 5.97 Å². The molecule has 9 heteroatoms. The molecule has 2 heterocycles. The third-order valence-corrected chi connectivity index (χ3v) is 7.89. The van der Waals surface area contributed by atoms with E-state index in [0.717, 1.165) is 49.0 Å². The number of hydrogen-bond acceptors (Lipinski definition) is 9. The first-order chi connectivity index (χ1) is 17.4. The van der Waals surface area contributed by atoms with E-state index in [2.05, 4.69) is 4.98 Å². The number of ketones is 1. The number of aromatic nitrogens is 1. The van der Waals surface area contributed by atoms with Gasteiger partial charge in [-0.1, -0.05) is 34.1 Å². The van der Waals surface area contributed by atoms with Gasteiger partial charge in [0.25, 0.3) is 0 Å². The van der Waals surface area contributed by atoms with Gasteiger partial charge in [-0.15, -0.1) is 11.3 Å². The summed E-state index contributed by atoms with van der Waals surface area (Å²) in [5.74, 6) is -0.912. The van der Waals surface area contributed by atoms with Gasteiger partial charge in [0.15, 0.2) is 6.40 Å². The average Bonchev–Trinajstić information content (AvgIpc) is 3.28. The summed E-state index contributed by atoms with van der Waals surface area (Å²) in [5.41, 5.74) is 0.940. The van der Waals surface area contributed by atoms with Crippen molar-refractivity contribution < 1.29 is 29.3 Å². The Balaban J connectivity index is 0.00000334. The van der Waals surface area contributed by atoms with Gasteiger partial charge in [0, 0.05) is 36.7 Å². The SMILES string of the molecule is C/C(=C\c1csc(C)n1)C1CC(OC=N)CCCC[C@H](C)C(O)[C@@H](C)C(=O)C(C)(C)CCC(=O)O1.CO. The smallest absolute Gasteiger partial charge is 0.306 e. The van der Waals surface area contributed by atoms with Crippen LogP contribution in [-0.4, -0.2) is 58.8 Å². The van der Waals surface area contributed by atoms with Crippen molar-refractivity contribution in [3.63, 3.8) is 0 Å². The van der Waals surface area contributed by atoms with Crippen molar-refractivity contribution >= 4 is 35.6 Å². The highest BCUT2D eigenvalue weighted by atomic mass is 32.1. The molecule has 1 aliphatic heterocycles. The van der Waals surface area contributed by atoms with Gasteiger partial charge in [0.2, 0.25) is 0 Å². The Morgan fingerprint density at radius 3 is 2.49 bits per heavy atom. The standard InChI is InChI=1S/C27H42N2O5S.CH4O/c1-17-9-7-8-10-22(33-16-28)14-23(18(2)13-21-15-35-20(4)29-21)34-24(30)11-12-27(5,6)26(32)19(3)25(17)31;1-2/h13,15-17,19,22-23,25,28,31H,7-12,14H2,1-6H3;2H,1H3/b18-13+,28-16?;/t17-,19+,22?,23?,25?;/m0./s1. The number of aryl methyl sites for hydroxylation is 1. The highest BCUT2D eigenvalue weighted by Crippen LogP contribution is 2.32. The number of aliphatic hydroxyl groups is 2. The van der Waals surface area contributed by atoms with Crippen LogP contribution in [0.2, 0.25) is 0 Å². The Labute approximate surface area is 226 Å². The molecule has 37 heavy (non-hydrogen) atoms.